The van der Waals surface area contributed by atoms with Crippen LogP contribution < -0.4 is 5.32 Å². The maximum atomic E-state index is 11.7. The minimum Gasteiger partial charge on any atom is -0.376 e. The van der Waals surface area contributed by atoms with Crippen LogP contribution in [0.4, 0.5) is 0 Å². The lowest BCUT2D eigenvalue weighted by Crippen LogP contribution is -2.45. The predicted molar refractivity (Wildman–Crippen MR) is 56.0 cm³/mol. The molecule has 2 atom stereocenters. The molecule has 1 aliphatic heterocycles. The van der Waals surface area contributed by atoms with Gasteiger partial charge in [0.05, 0.1) is 12.1 Å². The fourth-order valence-corrected chi connectivity index (χ4v) is 1.51. The zero-order chi connectivity index (χ0) is 10.8. The molecule has 1 heterocycles. The van der Waals surface area contributed by atoms with Crippen LogP contribution in [0.1, 0.15) is 40.5 Å². The second-order valence-corrected chi connectivity index (χ2v) is 5.06. The maximum absolute atomic E-state index is 11.7. The van der Waals surface area contributed by atoms with Crippen LogP contribution in [0.15, 0.2) is 0 Å². The van der Waals surface area contributed by atoms with Crippen molar-refractivity contribution in [1.29, 1.82) is 0 Å². The summed E-state index contributed by atoms with van der Waals surface area (Å²) in [5, 5.41) is 3.00. The van der Waals surface area contributed by atoms with Crippen molar-refractivity contribution in [1.82, 2.24) is 5.32 Å². The lowest BCUT2D eigenvalue weighted by molar-refractivity contribution is -0.130. The monoisotopic (exact) mass is 199 g/mol. The van der Waals surface area contributed by atoms with E-state index in [1.54, 1.807) is 0 Å². The number of nitrogens with one attached hydrogen (secondary N) is 1. The second kappa shape index (κ2) is 4.30. The highest BCUT2D eigenvalue weighted by molar-refractivity contribution is 5.81. The average Bonchev–Trinajstić information content (AvgIpc) is 2.53. The van der Waals surface area contributed by atoms with E-state index in [9.17, 15) is 4.79 Å². The Balaban J connectivity index is 2.39. The first-order valence-electron chi connectivity index (χ1n) is 5.34. The second-order valence-electron chi connectivity index (χ2n) is 5.06. The molecular formula is C11H21NO2. The average molecular weight is 199 g/mol. The molecule has 0 unspecified atom stereocenters. The minimum atomic E-state index is -0.313. The van der Waals surface area contributed by atoms with Gasteiger partial charge in [0.2, 0.25) is 5.91 Å². The summed E-state index contributed by atoms with van der Waals surface area (Å²) < 4.78 is 5.51. The summed E-state index contributed by atoms with van der Waals surface area (Å²) in [5.41, 5.74) is -0.313. The lowest BCUT2D eigenvalue weighted by Gasteiger charge is -2.25. The van der Waals surface area contributed by atoms with E-state index < -0.39 is 0 Å². The molecule has 0 aromatic heterocycles. The molecule has 0 spiro atoms. The van der Waals surface area contributed by atoms with E-state index in [-0.39, 0.29) is 23.5 Å². The Kier molecular flexibility index (Phi) is 3.53. The molecule has 82 valence electrons. The number of amides is 1. The molecule has 3 heteroatoms. The Morgan fingerprint density at radius 3 is 2.57 bits per heavy atom. The maximum Gasteiger partial charge on any atom is 0.225 e. The first-order chi connectivity index (χ1) is 6.41. The molecule has 1 fully saturated rings. The SMILES string of the molecule is C[C@H](NC(=O)C(C)(C)C)[C@@H]1CCCO1. The third kappa shape index (κ3) is 2.98. The fraction of sp³-hybridized carbons (Fsp3) is 0.909. The minimum absolute atomic E-state index is 0.0977. The Morgan fingerprint density at radius 1 is 1.50 bits per heavy atom. The van der Waals surface area contributed by atoms with Crippen molar-refractivity contribution in [2.75, 3.05) is 6.61 Å². The predicted octanol–water partition coefficient (Wildman–Crippen LogP) is 1.72. The van der Waals surface area contributed by atoms with Crippen molar-refractivity contribution in [3.8, 4) is 0 Å². The molecule has 0 saturated carbocycles. The third-order valence-corrected chi connectivity index (χ3v) is 2.56. The molecule has 1 saturated heterocycles. The zero-order valence-corrected chi connectivity index (χ0v) is 9.59. The van der Waals surface area contributed by atoms with Gasteiger partial charge in [-0.2, -0.15) is 0 Å². The standard InChI is InChI=1S/C11H21NO2/c1-8(9-6-5-7-14-9)12-10(13)11(2,3)4/h8-9H,5-7H2,1-4H3,(H,12,13)/t8-,9-/m0/s1. The highest BCUT2D eigenvalue weighted by Gasteiger charge is 2.27. The van der Waals surface area contributed by atoms with E-state index in [1.807, 2.05) is 27.7 Å². The van der Waals surface area contributed by atoms with Gasteiger partial charge < -0.3 is 10.1 Å². The molecule has 14 heavy (non-hydrogen) atoms. The van der Waals surface area contributed by atoms with Crippen LogP contribution in [0, 0.1) is 5.41 Å². The summed E-state index contributed by atoms with van der Waals surface area (Å²) in [6.45, 7) is 8.61. The first-order valence-corrected chi connectivity index (χ1v) is 5.34. The normalized spacial score (nSPS) is 24.7. The number of hydrogen-bond acceptors (Lipinski definition) is 2. The van der Waals surface area contributed by atoms with Crippen molar-refractivity contribution < 1.29 is 9.53 Å². The van der Waals surface area contributed by atoms with Gasteiger partial charge in [-0.15, -0.1) is 0 Å². The van der Waals surface area contributed by atoms with E-state index in [1.165, 1.54) is 0 Å². The van der Waals surface area contributed by atoms with Crippen molar-refractivity contribution in [2.45, 2.75) is 52.7 Å². The Hall–Kier alpha value is -0.570. The van der Waals surface area contributed by atoms with Gasteiger partial charge in [-0.1, -0.05) is 20.8 Å². The summed E-state index contributed by atoms with van der Waals surface area (Å²) in [6.07, 6.45) is 2.38. The summed E-state index contributed by atoms with van der Waals surface area (Å²) in [7, 11) is 0. The van der Waals surface area contributed by atoms with Crippen molar-refractivity contribution in [2.24, 2.45) is 5.41 Å². The summed E-state index contributed by atoms with van der Waals surface area (Å²) >= 11 is 0. The van der Waals surface area contributed by atoms with Crippen LogP contribution in [0.5, 0.6) is 0 Å². The number of carbonyl (C=O) groups excluding carboxylic acids is 1. The van der Waals surface area contributed by atoms with E-state index in [0.717, 1.165) is 19.4 Å². The van der Waals surface area contributed by atoms with Gasteiger partial charge >= 0.3 is 0 Å². The summed E-state index contributed by atoms with van der Waals surface area (Å²) in [5.74, 6) is 0.0977. The molecule has 1 aliphatic rings. The fourth-order valence-electron chi connectivity index (χ4n) is 1.51. The van der Waals surface area contributed by atoms with Crippen LogP contribution in [0.2, 0.25) is 0 Å². The number of ether oxygens (including phenoxy) is 1. The van der Waals surface area contributed by atoms with Crippen LogP contribution in [0.3, 0.4) is 0 Å². The molecule has 1 rings (SSSR count). The quantitative estimate of drug-likeness (QED) is 0.735. The third-order valence-electron chi connectivity index (χ3n) is 2.56. The van der Waals surface area contributed by atoms with Gasteiger partial charge in [-0.25, -0.2) is 0 Å². The molecule has 1 N–H and O–H groups in total. The van der Waals surface area contributed by atoms with Crippen LogP contribution in [-0.4, -0.2) is 24.7 Å². The van der Waals surface area contributed by atoms with Crippen molar-refractivity contribution in [3.63, 3.8) is 0 Å². The van der Waals surface area contributed by atoms with Crippen molar-refractivity contribution in [3.05, 3.63) is 0 Å². The smallest absolute Gasteiger partial charge is 0.225 e. The Bertz CT molecular complexity index is 202. The van der Waals surface area contributed by atoms with E-state index in [4.69, 9.17) is 4.74 Å². The number of rotatable bonds is 2. The number of carbonyl (C=O) groups is 1. The van der Waals surface area contributed by atoms with Crippen LogP contribution in [-0.2, 0) is 9.53 Å². The zero-order valence-electron chi connectivity index (χ0n) is 9.59. The van der Waals surface area contributed by atoms with E-state index >= 15 is 0 Å². The molecular weight excluding hydrogens is 178 g/mol. The highest BCUT2D eigenvalue weighted by Crippen LogP contribution is 2.18. The van der Waals surface area contributed by atoms with Gasteiger partial charge in [0, 0.05) is 12.0 Å². The summed E-state index contributed by atoms with van der Waals surface area (Å²) in [4.78, 5) is 11.7. The molecule has 1 amide bonds. The molecule has 0 aromatic rings. The lowest BCUT2D eigenvalue weighted by atomic mass is 9.95. The Labute approximate surface area is 86.2 Å². The van der Waals surface area contributed by atoms with E-state index in [0.29, 0.717) is 0 Å². The van der Waals surface area contributed by atoms with Gasteiger partial charge in [0.25, 0.3) is 0 Å². The van der Waals surface area contributed by atoms with Gasteiger partial charge in [-0.05, 0) is 19.8 Å². The number of hydrogen-bond donors (Lipinski definition) is 1. The van der Waals surface area contributed by atoms with Gasteiger partial charge in [0.15, 0.2) is 0 Å². The molecule has 3 nitrogen and oxygen atoms in total. The molecule has 0 radical (unpaired) electrons. The van der Waals surface area contributed by atoms with Gasteiger partial charge in [0.1, 0.15) is 0 Å². The van der Waals surface area contributed by atoms with E-state index in [2.05, 4.69) is 5.32 Å². The van der Waals surface area contributed by atoms with Gasteiger partial charge in [-0.3, -0.25) is 4.79 Å². The first kappa shape index (κ1) is 11.5. The topological polar surface area (TPSA) is 38.3 Å². The largest absolute Gasteiger partial charge is 0.376 e. The summed E-state index contributed by atoms with van der Waals surface area (Å²) in [6, 6.07) is 0.129. The van der Waals surface area contributed by atoms with Crippen molar-refractivity contribution >= 4 is 5.91 Å². The van der Waals surface area contributed by atoms with Crippen LogP contribution in [0.25, 0.3) is 0 Å². The molecule has 0 aliphatic carbocycles. The Morgan fingerprint density at radius 2 is 2.14 bits per heavy atom. The highest BCUT2D eigenvalue weighted by atomic mass is 16.5. The molecule has 0 bridgehead atoms. The molecule has 0 aromatic carbocycles. The van der Waals surface area contributed by atoms with Crippen LogP contribution >= 0.6 is 0 Å².